The molecule has 0 saturated heterocycles. The lowest BCUT2D eigenvalue weighted by Crippen LogP contribution is -2.08. The van der Waals surface area contributed by atoms with Gasteiger partial charge in [-0.1, -0.05) is 19.3 Å². The van der Waals surface area contributed by atoms with Crippen LogP contribution in [0.1, 0.15) is 39.0 Å². The van der Waals surface area contributed by atoms with E-state index in [0.29, 0.717) is 0 Å². The molecule has 0 aromatic heterocycles. The molecule has 0 bridgehead atoms. The third kappa shape index (κ3) is 3.48. The van der Waals surface area contributed by atoms with Crippen molar-refractivity contribution in [2.45, 2.75) is 39.0 Å². The van der Waals surface area contributed by atoms with Crippen LogP contribution < -0.4 is 0 Å². The number of halogens is 1. The van der Waals surface area contributed by atoms with Gasteiger partial charge in [0.15, 0.2) is 0 Å². The van der Waals surface area contributed by atoms with Crippen LogP contribution in [0.3, 0.4) is 0 Å². The van der Waals surface area contributed by atoms with Gasteiger partial charge in [0.1, 0.15) is 0 Å². The molecule has 1 rings (SSSR count). The lowest BCUT2D eigenvalue weighted by molar-refractivity contribution is -0.140. The van der Waals surface area contributed by atoms with E-state index >= 15 is 0 Å². The number of esters is 1. The summed E-state index contributed by atoms with van der Waals surface area (Å²) in [5, 5.41) is 0. The maximum Gasteiger partial charge on any atom is 0.366 e. The Bertz CT molecular complexity index is 217. The normalized spacial score (nSPS) is 19.4. The molecule has 1 aliphatic rings. The van der Waals surface area contributed by atoms with Crippen molar-refractivity contribution in [2.24, 2.45) is 5.92 Å². The molecule has 0 N–H and O–H groups in total. The molecule has 0 unspecified atom stereocenters. The molecule has 0 atom stereocenters. The highest BCUT2D eigenvalue weighted by Gasteiger charge is 2.16. The molecule has 0 radical (unpaired) electrons. The summed E-state index contributed by atoms with van der Waals surface area (Å²) in [6.07, 6.45) is 6.91. The number of hydrogen-bond donors (Lipinski definition) is 0. The minimum atomic E-state index is -0.821. The van der Waals surface area contributed by atoms with Crippen LogP contribution in [0.4, 0.5) is 4.39 Å². The fourth-order valence-corrected chi connectivity index (χ4v) is 1.78. The van der Waals surface area contributed by atoms with Crippen LogP contribution in [0.5, 0.6) is 0 Å². The first kappa shape index (κ1) is 11.2. The van der Waals surface area contributed by atoms with Gasteiger partial charge in [-0.2, -0.15) is 4.39 Å². The minimum Gasteiger partial charge on any atom is -0.461 e. The van der Waals surface area contributed by atoms with Crippen LogP contribution in [-0.2, 0) is 9.53 Å². The third-order valence-electron chi connectivity index (χ3n) is 2.50. The molecule has 0 heterocycles. The van der Waals surface area contributed by atoms with Crippen molar-refractivity contribution in [3.8, 4) is 0 Å². The van der Waals surface area contributed by atoms with Crippen molar-refractivity contribution in [3.63, 3.8) is 0 Å². The smallest absolute Gasteiger partial charge is 0.366 e. The Morgan fingerprint density at radius 1 is 1.43 bits per heavy atom. The molecule has 0 aromatic carbocycles. The quantitative estimate of drug-likeness (QED) is 0.517. The van der Waals surface area contributed by atoms with E-state index in [-0.39, 0.29) is 12.5 Å². The summed E-state index contributed by atoms with van der Waals surface area (Å²) in [5.74, 6) is -1.31. The molecular formula is C11H17FO2. The average molecular weight is 200 g/mol. The van der Waals surface area contributed by atoms with E-state index in [1.165, 1.54) is 12.5 Å². The van der Waals surface area contributed by atoms with Crippen molar-refractivity contribution >= 4 is 5.97 Å². The SMILES string of the molecule is CCOC(=O)/C(F)=C/C1CCCCC1. The molecule has 0 aromatic rings. The zero-order valence-electron chi connectivity index (χ0n) is 8.59. The molecule has 0 amide bonds. The highest BCUT2D eigenvalue weighted by Crippen LogP contribution is 2.25. The van der Waals surface area contributed by atoms with Crippen LogP contribution in [0.25, 0.3) is 0 Å². The minimum absolute atomic E-state index is 0.227. The largest absolute Gasteiger partial charge is 0.461 e. The zero-order chi connectivity index (χ0) is 10.4. The van der Waals surface area contributed by atoms with Crippen LogP contribution in [-0.4, -0.2) is 12.6 Å². The van der Waals surface area contributed by atoms with Gasteiger partial charge in [-0.05, 0) is 31.8 Å². The Morgan fingerprint density at radius 3 is 2.64 bits per heavy atom. The number of allylic oxidation sites excluding steroid dienone is 1. The fraction of sp³-hybridized carbons (Fsp3) is 0.727. The number of ether oxygens (including phenoxy) is 1. The summed E-state index contributed by atoms with van der Waals surface area (Å²) in [6, 6.07) is 0. The summed E-state index contributed by atoms with van der Waals surface area (Å²) in [6.45, 7) is 1.90. The molecule has 2 nitrogen and oxygen atoms in total. The van der Waals surface area contributed by atoms with Gasteiger partial charge in [-0.25, -0.2) is 4.79 Å². The number of carbonyl (C=O) groups is 1. The van der Waals surface area contributed by atoms with E-state index in [1.54, 1.807) is 6.92 Å². The lowest BCUT2D eigenvalue weighted by Gasteiger charge is -2.17. The van der Waals surface area contributed by atoms with Gasteiger partial charge < -0.3 is 4.74 Å². The maximum atomic E-state index is 13.2. The van der Waals surface area contributed by atoms with Crippen LogP contribution in [0, 0.1) is 5.92 Å². The van der Waals surface area contributed by atoms with E-state index in [0.717, 1.165) is 25.7 Å². The molecule has 3 heteroatoms. The zero-order valence-corrected chi connectivity index (χ0v) is 8.59. The van der Waals surface area contributed by atoms with Gasteiger partial charge in [0.25, 0.3) is 0 Å². The van der Waals surface area contributed by atoms with Crippen molar-refractivity contribution in [3.05, 3.63) is 11.9 Å². The van der Waals surface area contributed by atoms with Crippen molar-refractivity contribution in [2.75, 3.05) is 6.61 Å². The molecular weight excluding hydrogens is 183 g/mol. The maximum absolute atomic E-state index is 13.2. The summed E-state index contributed by atoms with van der Waals surface area (Å²) in [5.41, 5.74) is 0. The first-order valence-corrected chi connectivity index (χ1v) is 5.28. The first-order chi connectivity index (χ1) is 6.74. The molecule has 14 heavy (non-hydrogen) atoms. The highest BCUT2D eigenvalue weighted by atomic mass is 19.1. The van der Waals surface area contributed by atoms with Gasteiger partial charge in [-0.15, -0.1) is 0 Å². The number of carbonyl (C=O) groups excluding carboxylic acids is 1. The lowest BCUT2D eigenvalue weighted by atomic mass is 9.89. The van der Waals surface area contributed by atoms with Gasteiger partial charge >= 0.3 is 5.97 Å². The summed E-state index contributed by atoms with van der Waals surface area (Å²) in [4.78, 5) is 11.0. The van der Waals surface area contributed by atoms with Crippen LogP contribution in [0.15, 0.2) is 11.9 Å². The Hall–Kier alpha value is -0.860. The standard InChI is InChI=1S/C11H17FO2/c1-2-14-11(13)10(12)8-9-6-4-3-5-7-9/h8-9H,2-7H2,1H3/b10-8-. The third-order valence-corrected chi connectivity index (χ3v) is 2.50. The topological polar surface area (TPSA) is 26.3 Å². The van der Waals surface area contributed by atoms with E-state index < -0.39 is 11.8 Å². The predicted octanol–water partition coefficient (Wildman–Crippen LogP) is 2.98. The number of rotatable bonds is 3. The molecule has 80 valence electrons. The van der Waals surface area contributed by atoms with Gasteiger partial charge in [0.2, 0.25) is 5.83 Å². The van der Waals surface area contributed by atoms with Crippen molar-refractivity contribution in [1.29, 1.82) is 0 Å². The Morgan fingerprint density at radius 2 is 2.07 bits per heavy atom. The van der Waals surface area contributed by atoms with Gasteiger partial charge in [-0.3, -0.25) is 0 Å². The Labute approximate surface area is 84.1 Å². The monoisotopic (exact) mass is 200 g/mol. The Kier molecular flexibility index (Phi) is 4.63. The molecule has 1 fully saturated rings. The summed E-state index contributed by atoms with van der Waals surface area (Å²) in [7, 11) is 0. The number of hydrogen-bond acceptors (Lipinski definition) is 2. The highest BCUT2D eigenvalue weighted by molar-refractivity contribution is 5.85. The summed E-state index contributed by atoms with van der Waals surface area (Å²) < 4.78 is 17.7. The predicted molar refractivity (Wildman–Crippen MR) is 52.4 cm³/mol. The van der Waals surface area contributed by atoms with Crippen molar-refractivity contribution in [1.82, 2.24) is 0 Å². The molecule has 1 saturated carbocycles. The van der Waals surface area contributed by atoms with E-state index in [2.05, 4.69) is 4.74 Å². The van der Waals surface area contributed by atoms with Gasteiger partial charge in [0.05, 0.1) is 6.61 Å². The van der Waals surface area contributed by atoms with Gasteiger partial charge in [0, 0.05) is 0 Å². The molecule has 0 spiro atoms. The first-order valence-electron chi connectivity index (χ1n) is 5.28. The van der Waals surface area contributed by atoms with E-state index in [9.17, 15) is 9.18 Å². The molecule has 1 aliphatic carbocycles. The summed E-state index contributed by atoms with van der Waals surface area (Å²) >= 11 is 0. The van der Waals surface area contributed by atoms with E-state index in [1.807, 2.05) is 0 Å². The van der Waals surface area contributed by atoms with Crippen LogP contribution in [0.2, 0.25) is 0 Å². The van der Waals surface area contributed by atoms with E-state index in [4.69, 9.17) is 0 Å². The second-order valence-electron chi connectivity index (χ2n) is 3.63. The Balaban J connectivity index is 2.44. The second-order valence-corrected chi connectivity index (χ2v) is 3.63. The second kappa shape index (κ2) is 5.78. The van der Waals surface area contributed by atoms with Crippen molar-refractivity contribution < 1.29 is 13.9 Å². The molecule has 0 aliphatic heterocycles. The average Bonchev–Trinajstić information content (AvgIpc) is 2.19. The van der Waals surface area contributed by atoms with Crippen LogP contribution >= 0.6 is 0 Å². The fourth-order valence-electron chi connectivity index (χ4n) is 1.78.